The first kappa shape index (κ1) is 17.9. The van der Waals surface area contributed by atoms with Gasteiger partial charge in [0.2, 0.25) is 0 Å². The van der Waals surface area contributed by atoms with E-state index in [2.05, 4.69) is 50.0 Å². The lowest BCUT2D eigenvalue weighted by molar-refractivity contribution is 0.265. The fourth-order valence-corrected chi connectivity index (χ4v) is 3.40. The third-order valence-electron chi connectivity index (χ3n) is 4.17. The van der Waals surface area contributed by atoms with Gasteiger partial charge in [0, 0.05) is 18.6 Å². The first-order chi connectivity index (χ1) is 9.51. The summed E-state index contributed by atoms with van der Waals surface area (Å²) in [5.74, 6) is 0.773. The van der Waals surface area contributed by atoms with Gasteiger partial charge in [-0.05, 0) is 71.8 Å². The Morgan fingerprint density at radius 2 is 1.95 bits per heavy atom. The van der Waals surface area contributed by atoms with E-state index < -0.39 is 0 Å². The summed E-state index contributed by atoms with van der Waals surface area (Å²) in [5, 5.41) is 3.95. The standard InChI is InChI=1S/C17H37N3/c1-6-10-20-11-7-8-16(9-12-20)18-17(13-15(2)3)14-19(4)5/h15-18H,6-14H2,1-5H3. The van der Waals surface area contributed by atoms with Crippen LogP contribution in [-0.2, 0) is 0 Å². The van der Waals surface area contributed by atoms with E-state index in [9.17, 15) is 0 Å². The van der Waals surface area contributed by atoms with Crippen molar-refractivity contribution in [3.05, 3.63) is 0 Å². The van der Waals surface area contributed by atoms with E-state index in [0.717, 1.165) is 18.5 Å². The van der Waals surface area contributed by atoms with E-state index >= 15 is 0 Å². The Hall–Kier alpha value is -0.120. The third-order valence-corrected chi connectivity index (χ3v) is 4.17. The summed E-state index contributed by atoms with van der Waals surface area (Å²) in [5.41, 5.74) is 0. The normalized spacial score (nSPS) is 23.2. The number of rotatable bonds is 8. The zero-order valence-electron chi connectivity index (χ0n) is 14.5. The quantitative estimate of drug-likeness (QED) is 0.739. The summed E-state index contributed by atoms with van der Waals surface area (Å²) in [6, 6.07) is 1.37. The average molecular weight is 284 g/mol. The van der Waals surface area contributed by atoms with Crippen molar-refractivity contribution in [3.63, 3.8) is 0 Å². The van der Waals surface area contributed by atoms with Crippen LogP contribution in [0.3, 0.4) is 0 Å². The minimum atomic E-state index is 0.646. The van der Waals surface area contributed by atoms with E-state index in [1.165, 1.54) is 51.7 Å². The molecule has 1 rings (SSSR count). The van der Waals surface area contributed by atoms with Crippen molar-refractivity contribution >= 4 is 0 Å². The molecule has 0 spiro atoms. The van der Waals surface area contributed by atoms with Crippen LogP contribution in [0.25, 0.3) is 0 Å². The van der Waals surface area contributed by atoms with Gasteiger partial charge >= 0.3 is 0 Å². The number of hydrogen-bond donors (Lipinski definition) is 1. The fourth-order valence-electron chi connectivity index (χ4n) is 3.40. The molecule has 1 aliphatic heterocycles. The fraction of sp³-hybridized carbons (Fsp3) is 1.00. The zero-order valence-corrected chi connectivity index (χ0v) is 14.5. The van der Waals surface area contributed by atoms with Gasteiger partial charge in [0.1, 0.15) is 0 Å². The Bertz CT molecular complexity index is 230. The minimum Gasteiger partial charge on any atom is -0.310 e. The highest BCUT2D eigenvalue weighted by atomic mass is 15.1. The van der Waals surface area contributed by atoms with Gasteiger partial charge in [-0.3, -0.25) is 0 Å². The molecular weight excluding hydrogens is 246 g/mol. The molecule has 1 saturated heterocycles. The van der Waals surface area contributed by atoms with Crippen LogP contribution in [0.2, 0.25) is 0 Å². The molecule has 2 unspecified atom stereocenters. The lowest BCUT2D eigenvalue weighted by Gasteiger charge is -2.28. The van der Waals surface area contributed by atoms with Crippen LogP contribution in [0.5, 0.6) is 0 Å². The molecule has 20 heavy (non-hydrogen) atoms. The predicted molar refractivity (Wildman–Crippen MR) is 89.3 cm³/mol. The Morgan fingerprint density at radius 3 is 2.55 bits per heavy atom. The Morgan fingerprint density at radius 1 is 1.20 bits per heavy atom. The first-order valence-electron chi connectivity index (χ1n) is 8.64. The number of nitrogens with one attached hydrogen (secondary N) is 1. The first-order valence-corrected chi connectivity index (χ1v) is 8.64. The molecule has 0 amide bonds. The maximum Gasteiger partial charge on any atom is 0.0199 e. The van der Waals surface area contributed by atoms with Crippen molar-refractivity contribution in [3.8, 4) is 0 Å². The number of likely N-dealkylation sites (N-methyl/N-ethyl adjacent to an activating group) is 1. The highest BCUT2D eigenvalue weighted by molar-refractivity contribution is 4.80. The Balaban J connectivity index is 2.42. The SMILES string of the molecule is CCCN1CCCC(NC(CC(C)C)CN(C)C)CC1. The van der Waals surface area contributed by atoms with Crippen molar-refractivity contribution < 1.29 is 0 Å². The van der Waals surface area contributed by atoms with Gasteiger partial charge in [-0.25, -0.2) is 0 Å². The molecule has 0 aromatic rings. The van der Waals surface area contributed by atoms with Crippen LogP contribution in [0, 0.1) is 5.92 Å². The van der Waals surface area contributed by atoms with Crippen molar-refractivity contribution in [1.82, 2.24) is 15.1 Å². The largest absolute Gasteiger partial charge is 0.310 e. The van der Waals surface area contributed by atoms with Crippen LogP contribution in [-0.4, -0.2) is 62.2 Å². The van der Waals surface area contributed by atoms with Crippen LogP contribution in [0.4, 0.5) is 0 Å². The van der Waals surface area contributed by atoms with Gasteiger partial charge in [-0.15, -0.1) is 0 Å². The maximum absolute atomic E-state index is 3.95. The van der Waals surface area contributed by atoms with E-state index in [4.69, 9.17) is 0 Å². The van der Waals surface area contributed by atoms with Gasteiger partial charge in [0.15, 0.2) is 0 Å². The molecule has 1 heterocycles. The molecule has 0 radical (unpaired) electrons. The summed E-state index contributed by atoms with van der Waals surface area (Å²) < 4.78 is 0. The second kappa shape index (κ2) is 9.75. The number of nitrogens with zero attached hydrogens (tertiary/aromatic N) is 2. The summed E-state index contributed by atoms with van der Waals surface area (Å²) in [6.45, 7) is 12.0. The molecule has 2 atom stereocenters. The molecule has 0 aromatic carbocycles. The highest BCUT2D eigenvalue weighted by Crippen LogP contribution is 2.14. The molecule has 120 valence electrons. The van der Waals surface area contributed by atoms with Gasteiger partial charge in [-0.1, -0.05) is 20.8 Å². The van der Waals surface area contributed by atoms with Gasteiger partial charge in [-0.2, -0.15) is 0 Å². The van der Waals surface area contributed by atoms with Crippen molar-refractivity contribution in [2.75, 3.05) is 40.3 Å². The second-order valence-corrected chi connectivity index (χ2v) is 7.22. The van der Waals surface area contributed by atoms with E-state index in [1.807, 2.05) is 0 Å². The lowest BCUT2D eigenvalue weighted by Crippen LogP contribution is -2.45. The molecular formula is C17H37N3. The van der Waals surface area contributed by atoms with E-state index in [-0.39, 0.29) is 0 Å². The maximum atomic E-state index is 3.95. The van der Waals surface area contributed by atoms with Gasteiger partial charge < -0.3 is 15.1 Å². The molecule has 0 aliphatic carbocycles. The molecule has 0 saturated carbocycles. The molecule has 1 fully saturated rings. The van der Waals surface area contributed by atoms with E-state index in [1.54, 1.807) is 0 Å². The minimum absolute atomic E-state index is 0.646. The highest BCUT2D eigenvalue weighted by Gasteiger charge is 2.20. The molecule has 0 aromatic heterocycles. The van der Waals surface area contributed by atoms with Crippen LogP contribution in [0.1, 0.15) is 52.9 Å². The summed E-state index contributed by atoms with van der Waals surface area (Å²) in [7, 11) is 4.37. The molecule has 1 aliphatic rings. The van der Waals surface area contributed by atoms with Crippen LogP contribution >= 0.6 is 0 Å². The molecule has 3 nitrogen and oxygen atoms in total. The molecule has 0 bridgehead atoms. The molecule has 1 N–H and O–H groups in total. The lowest BCUT2D eigenvalue weighted by atomic mass is 10.0. The molecule has 3 heteroatoms. The number of hydrogen-bond acceptors (Lipinski definition) is 3. The average Bonchev–Trinajstić information content (AvgIpc) is 2.54. The monoisotopic (exact) mass is 283 g/mol. The van der Waals surface area contributed by atoms with Crippen molar-refractivity contribution in [2.45, 2.75) is 65.0 Å². The second-order valence-electron chi connectivity index (χ2n) is 7.22. The van der Waals surface area contributed by atoms with Crippen molar-refractivity contribution in [2.24, 2.45) is 5.92 Å². The third kappa shape index (κ3) is 7.61. The summed E-state index contributed by atoms with van der Waals surface area (Å²) in [6.07, 6.45) is 6.60. The van der Waals surface area contributed by atoms with E-state index in [0.29, 0.717) is 6.04 Å². The number of likely N-dealkylation sites (tertiary alicyclic amines) is 1. The smallest absolute Gasteiger partial charge is 0.0199 e. The Kier molecular flexibility index (Phi) is 8.74. The van der Waals surface area contributed by atoms with Gasteiger partial charge in [0.05, 0.1) is 0 Å². The predicted octanol–water partition coefficient (Wildman–Crippen LogP) is 2.82. The van der Waals surface area contributed by atoms with Crippen molar-refractivity contribution in [1.29, 1.82) is 0 Å². The zero-order chi connectivity index (χ0) is 15.0. The topological polar surface area (TPSA) is 18.5 Å². The van der Waals surface area contributed by atoms with Crippen LogP contribution < -0.4 is 5.32 Å². The Labute approximate surface area is 127 Å². The van der Waals surface area contributed by atoms with Gasteiger partial charge in [0.25, 0.3) is 0 Å². The summed E-state index contributed by atoms with van der Waals surface area (Å²) >= 11 is 0. The summed E-state index contributed by atoms with van der Waals surface area (Å²) in [4.78, 5) is 4.96. The van der Waals surface area contributed by atoms with Crippen LogP contribution in [0.15, 0.2) is 0 Å².